The molecule has 0 bridgehead atoms. The minimum absolute atomic E-state index is 0.639. The average molecular weight is 189 g/mol. The molecule has 0 radical (unpaired) electrons. The van der Waals surface area contributed by atoms with Gasteiger partial charge < -0.3 is 4.90 Å². The van der Waals surface area contributed by atoms with Crippen LogP contribution in [0.25, 0.3) is 0 Å². The van der Waals surface area contributed by atoms with Crippen LogP contribution >= 0.6 is 0 Å². The number of benzene rings is 1. The van der Waals surface area contributed by atoms with Gasteiger partial charge in [0.2, 0.25) is 0 Å². The Hall–Kier alpha value is -0.980. The van der Waals surface area contributed by atoms with Crippen molar-refractivity contribution >= 4 is 5.69 Å². The smallest absolute Gasteiger partial charge is 0.0401 e. The van der Waals surface area contributed by atoms with Crippen molar-refractivity contribution in [3.05, 3.63) is 29.8 Å². The summed E-state index contributed by atoms with van der Waals surface area (Å²) in [6, 6.07) is 9.41. The Kier molecular flexibility index (Phi) is 2.26. The van der Waals surface area contributed by atoms with Gasteiger partial charge in [0.05, 0.1) is 0 Å². The number of hydrogen-bond acceptors (Lipinski definition) is 1. The molecule has 0 amide bonds. The summed E-state index contributed by atoms with van der Waals surface area (Å²) < 4.78 is 0. The Balaban J connectivity index is 2.51. The normalized spacial score (nSPS) is 31.4. The fourth-order valence-corrected chi connectivity index (χ4v) is 2.47. The summed E-state index contributed by atoms with van der Waals surface area (Å²) in [5.74, 6) is 1.41. The number of para-hydroxylation sites is 1. The molecule has 0 saturated carbocycles. The fourth-order valence-electron chi connectivity index (χ4n) is 2.47. The summed E-state index contributed by atoms with van der Waals surface area (Å²) in [6.07, 6.45) is 0. The van der Waals surface area contributed by atoms with E-state index in [0.29, 0.717) is 12.0 Å². The van der Waals surface area contributed by atoms with E-state index in [9.17, 15) is 0 Å². The lowest BCUT2D eigenvalue weighted by Gasteiger charge is -2.42. The molecule has 0 aromatic heterocycles. The maximum atomic E-state index is 2.40. The molecule has 14 heavy (non-hydrogen) atoms. The van der Waals surface area contributed by atoms with Gasteiger partial charge in [-0.25, -0.2) is 0 Å². The second-order valence-electron chi connectivity index (χ2n) is 4.56. The largest absolute Gasteiger partial charge is 0.371 e. The molecular formula is C13H19N. The molecule has 3 atom stereocenters. The van der Waals surface area contributed by atoms with Crippen molar-refractivity contribution in [2.45, 2.75) is 32.7 Å². The predicted molar refractivity (Wildman–Crippen MR) is 61.9 cm³/mol. The minimum Gasteiger partial charge on any atom is -0.371 e. The molecule has 1 heteroatoms. The molecule has 76 valence electrons. The highest BCUT2D eigenvalue weighted by Crippen LogP contribution is 2.40. The van der Waals surface area contributed by atoms with E-state index in [1.807, 2.05) is 0 Å². The quantitative estimate of drug-likeness (QED) is 0.605. The van der Waals surface area contributed by atoms with Crippen LogP contribution in [0.15, 0.2) is 24.3 Å². The molecule has 3 unspecified atom stereocenters. The lowest BCUT2D eigenvalue weighted by molar-refractivity contribution is 0.384. The molecule has 1 nitrogen and oxygen atoms in total. The SMILES string of the molecule is CC1c2ccccc2N(C)C(C)C1C. The number of fused-ring (bicyclic) bond motifs is 1. The molecule has 1 heterocycles. The molecule has 0 saturated heterocycles. The molecule has 1 aromatic rings. The van der Waals surface area contributed by atoms with Gasteiger partial charge in [0.25, 0.3) is 0 Å². The Labute approximate surface area is 86.7 Å². The minimum atomic E-state index is 0.639. The topological polar surface area (TPSA) is 3.24 Å². The number of rotatable bonds is 0. The van der Waals surface area contributed by atoms with Crippen LogP contribution < -0.4 is 4.90 Å². The summed E-state index contributed by atoms with van der Waals surface area (Å²) in [5, 5.41) is 0. The van der Waals surface area contributed by atoms with Crippen LogP contribution in [-0.2, 0) is 0 Å². The van der Waals surface area contributed by atoms with Crippen molar-refractivity contribution in [1.82, 2.24) is 0 Å². The van der Waals surface area contributed by atoms with E-state index in [4.69, 9.17) is 0 Å². The molecule has 2 rings (SSSR count). The Morgan fingerprint density at radius 3 is 2.43 bits per heavy atom. The van der Waals surface area contributed by atoms with Gasteiger partial charge in [-0.2, -0.15) is 0 Å². The molecule has 0 N–H and O–H groups in total. The number of hydrogen-bond donors (Lipinski definition) is 0. The Morgan fingerprint density at radius 2 is 1.71 bits per heavy atom. The highest BCUT2D eigenvalue weighted by Gasteiger charge is 2.31. The monoisotopic (exact) mass is 189 g/mol. The van der Waals surface area contributed by atoms with Gasteiger partial charge in [0.1, 0.15) is 0 Å². The summed E-state index contributed by atoms with van der Waals surface area (Å²) in [7, 11) is 2.20. The van der Waals surface area contributed by atoms with Gasteiger partial charge in [0.15, 0.2) is 0 Å². The first-order valence-electron chi connectivity index (χ1n) is 5.44. The predicted octanol–water partition coefficient (Wildman–Crippen LogP) is 3.26. The Bertz CT molecular complexity index is 299. The second kappa shape index (κ2) is 3.30. The molecule has 0 fully saturated rings. The van der Waals surface area contributed by atoms with Gasteiger partial charge in [-0.15, -0.1) is 0 Å². The van der Waals surface area contributed by atoms with E-state index >= 15 is 0 Å². The highest BCUT2D eigenvalue weighted by molar-refractivity contribution is 5.57. The van der Waals surface area contributed by atoms with Gasteiger partial charge in [0, 0.05) is 18.8 Å². The standard InChI is InChI=1S/C13H19N/c1-9-10(2)12-7-5-6-8-13(12)14(4)11(9)3/h5-11H,1-4H3. The first kappa shape index (κ1) is 9.57. The summed E-state index contributed by atoms with van der Waals surface area (Å²) in [6.45, 7) is 7.01. The summed E-state index contributed by atoms with van der Waals surface area (Å²) in [5.41, 5.74) is 2.91. The van der Waals surface area contributed by atoms with Gasteiger partial charge >= 0.3 is 0 Å². The van der Waals surface area contributed by atoms with Crippen molar-refractivity contribution in [2.24, 2.45) is 5.92 Å². The second-order valence-corrected chi connectivity index (χ2v) is 4.56. The van der Waals surface area contributed by atoms with E-state index in [2.05, 4.69) is 57.0 Å². The van der Waals surface area contributed by atoms with Crippen molar-refractivity contribution in [1.29, 1.82) is 0 Å². The lowest BCUT2D eigenvalue weighted by atomic mass is 9.79. The molecule has 1 aromatic carbocycles. The fraction of sp³-hybridized carbons (Fsp3) is 0.538. The van der Waals surface area contributed by atoms with Crippen LogP contribution in [0.4, 0.5) is 5.69 Å². The van der Waals surface area contributed by atoms with Gasteiger partial charge in [-0.1, -0.05) is 32.0 Å². The van der Waals surface area contributed by atoms with E-state index in [1.165, 1.54) is 11.3 Å². The number of nitrogens with zero attached hydrogens (tertiary/aromatic N) is 1. The van der Waals surface area contributed by atoms with E-state index in [-0.39, 0.29) is 0 Å². The lowest BCUT2D eigenvalue weighted by Crippen LogP contribution is -2.41. The molecule has 0 aliphatic carbocycles. The van der Waals surface area contributed by atoms with Crippen LogP contribution in [0.5, 0.6) is 0 Å². The summed E-state index contributed by atoms with van der Waals surface area (Å²) >= 11 is 0. The molecule has 1 aliphatic rings. The van der Waals surface area contributed by atoms with Gasteiger partial charge in [-0.3, -0.25) is 0 Å². The third-order valence-corrected chi connectivity index (χ3v) is 3.97. The highest BCUT2D eigenvalue weighted by atomic mass is 15.1. The first-order valence-corrected chi connectivity index (χ1v) is 5.44. The van der Waals surface area contributed by atoms with Crippen molar-refractivity contribution < 1.29 is 0 Å². The van der Waals surface area contributed by atoms with Crippen molar-refractivity contribution in [3.63, 3.8) is 0 Å². The third kappa shape index (κ3) is 1.23. The van der Waals surface area contributed by atoms with Crippen LogP contribution in [0.1, 0.15) is 32.3 Å². The van der Waals surface area contributed by atoms with Gasteiger partial charge in [-0.05, 0) is 30.4 Å². The number of anilines is 1. The van der Waals surface area contributed by atoms with E-state index < -0.39 is 0 Å². The maximum absolute atomic E-state index is 2.40. The zero-order chi connectivity index (χ0) is 10.3. The van der Waals surface area contributed by atoms with Crippen LogP contribution in [0.3, 0.4) is 0 Å². The summed E-state index contributed by atoms with van der Waals surface area (Å²) in [4.78, 5) is 2.40. The zero-order valence-electron chi connectivity index (χ0n) is 9.49. The van der Waals surface area contributed by atoms with Crippen LogP contribution in [-0.4, -0.2) is 13.1 Å². The molecular weight excluding hydrogens is 170 g/mol. The zero-order valence-corrected chi connectivity index (χ0v) is 9.49. The average Bonchev–Trinajstić information content (AvgIpc) is 2.23. The van der Waals surface area contributed by atoms with E-state index in [0.717, 1.165) is 5.92 Å². The molecule has 0 spiro atoms. The van der Waals surface area contributed by atoms with Crippen LogP contribution in [0.2, 0.25) is 0 Å². The maximum Gasteiger partial charge on any atom is 0.0401 e. The van der Waals surface area contributed by atoms with Crippen LogP contribution in [0, 0.1) is 5.92 Å². The van der Waals surface area contributed by atoms with E-state index in [1.54, 1.807) is 0 Å². The van der Waals surface area contributed by atoms with Crippen molar-refractivity contribution in [3.8, 4) is 0 Å². The Morgan fingerprint density at radius 1 is 1.07 bits per heavy atom. The molecule has 1 aliphatic heterocycles. The third-order valence-electron chi connectivity index (χ3n) is 3.97. The first-order chi connectivity index (χ1) is 6.63. The van der Waals surface area contributed by atoms with Crippen molar-refractivity contribution in [2.75, 3.05) is 11.9 Å².